The monoisotopic (exact) mass is 262 g/mol. The molecule has 1 amide bonds. The zero-order valence-electron chi connectivity index (χ0n) is 9.58. The minimum Gasteiger partial charge on any atom is -0.319 e. The van der Waals surface area contributed by atoms with Crippen LogP contribution < -0.4 is 16.6 Å². The van der Waals surface area contributed by atoms with E-state index in [1.54, 1.807) is 0 Å². The lowest BCUT2D eigenvalue weighted by Crippen LogP contribution is -2.16. The Bertz CT molecular complexity index is 610. The van der Waals surface area contributed by atoms with E-state index in [0.717, 1.165) is 0 Å². The lowest BCUT2D eigenvalue weighted by atomic mass is 10.1. The molecule has 0 aliphatic rings. The number of nitrogen functional groups attached to an aromatic ring is 1. The van der Waals surface area contributed by atoms with E-state index >= 15 is 0 Å². The Morgan fingerprint density at radius 2 is 2.26 bits per heavy atom. The first-order chi connectivity index (χ1) is 9.13. The van der Waals surface area contributed by atoms with Gasteiger partial charge in [0.1, 0.15) is 11.3 Å². The number of amides is 1. The molecule has 1 aromatic heterocycles. The fraction of sp³-hybridized carbons (Fsp3) is 0. The standard InChI is InChI=1S/C10H10N6O3/c11-15-8-3-1-2-7(9(8)16(18)19)10(17)14-6-4-12-13-5-6/h1-5,15H,11H2,(H,12,13)(H,14,17). The molecular weight excluding hydrogens is 252 g/mol. The van der Waals surface area contributed by atoms with E-state index in [-0.39, 0.29) is 16.9 Å². The van der Waals surface area contributed by atoms with Crippen LogP contribution in [0.5, 0.6) is 0 Å². The van der Waals surface area contributed by atoms with Crippen LogP contribution in [0.4, 0.5) is 17.1 Å². The van der Waals surface area contributed by atoms with E-state index in [4.69, 9.17) is 5.84 Å². The van der Waals surface area contributed by atoms with Crippen molar-refractivity contribution in [1.82, 2.24) is 10.2 Å². The topological polar surface area (TPSA) is 139 Å². The molecule has 0 atom stereocenters. The van der Waals surface area contributed by atoms with Crippen LogP contribution in [0.3, 0.4) is 0 Å². The second-order valence-electron chi connectivity index (χ2n) is 3.54. The van der Waals surface area contributed by atoms with Crippen LogP contribution >= 0.6 is 0 Å². The van der Waals surface area contributed by atoms with Crippen LogP contribution in [0.25, 0.3) is 0 Å². The van der Waals surface area contributed by atoms with Gasteiger partial charge in [0, 0.05) is 6.20 Å². The molecule has 0 unspecified atom stereocenters. The molecule has 0 radical (unpaired) electrons. The predicted molar refractivity (Wildman–Crippen MR) is 67.4 cm³/mol. The Hall–Kier alpha value is -2.94. The maximum Gasteiger partial charge on any atom is 0.306 e. The predicted octanol–water partition coefficient (Wildman–Crippen LogP) is 0.856. The number of hydrogen-bond donors (Lipinski definition) is 4. The molecular formula is C10H10N6O3. The summed E-state index contributed by atoms with van der Waals surface area (Å²) in [6, 6.07) is 4.24. The van der Waals surface area contributed by atoms with Gasteiger partial charge < -0.3 is 10.7 Å². The summed E-state index contributed by atoms with van der Waals surface area (Å²) in [5.74, 6) is 4.57. The molecule has 9 nitrogen and oxygen atoms in total. The molecule has 0 fully saturated rings. The van der Waals surface area contributed by atoms with Crippen molar-refractivity contribution < 1.29 is 9.72 Å². The highest BCUT2D eigenvalue weighted by Gasteiger charge is 2.24. The van der Waals surface area contributed by atoms with Gasteiger partial charge in [0.05, 0.1) is 16.8 Å². The maximum absolute atomic E-state index is 12.0. The van der Waals surface area contributed by atoms with E-state index in [9.17, 15) is 14.9 Å². The average molecular weight is 262 g/mol. The fourth-order valence-electron chi connectivity index (χ4n) is 1.56. The average Bonchev–Trinajstić information content (AvgIpc) is 2.90. The number of nitrogens with two attached hydrogens (primary N) is 1. The number of H-pyrrole nitrogens is 1. The largest absolute Gasteiger partial charge is 0.319 e. The van der Waals surface area contributed by atoms with Gasteiger partial charge in [-0.3, -0.25) is 25.9 Å². The molecule has 0 saturated carbocycles. The quantitative estimate of drug-likeness (QED) is 0.366. The minimum absolute atomic E-state index is 0.0600. The molecule has 1 aromatic carbocycles. The number of carbonyl (C=O) groups is 1. The van der Waals surface area contributed by atoms with E-state index in [0.29, 0.717) is 5.69 Å². The first-order valence-electron chi connectivity index (χ1n) is 5.17. The van der Waals surface area contributed by atoms with Gasteiger partial charge in [0.15, 0.2) is 0 Å². The van der Waals surface area contributed by atoms with Gasteiger partial charge in [-0.2, -0.15) is 5.10 Å². The molecule has 0 aliphatic carbocycles. The Labute approximate surface area is 106 Å². The highest BCUT2D eigenvalue weighted by Crippen LogP contribution is 2.28. The lowest BCUT2D eigenvalue weighted by Gasteiger charge is -2.07. The van der Waals surface area contributed by atoms with Crippen molar-refractivity contribution >= 4 is 23.0 Å². The highest BCUT2D eigenvalue weighted by atomic mass is 16.6. The molecule has 5 N–H and O–H groups in total. The number of nitro groups is 1. The number of anilines is 2. The smallest absolute Gasteiger partial charge is 0.306 e. The fourth-order valence-corrected chi connectivity index (χ4v) is 1.56. The van der Waals surface area contributed by atoms with Gasteiger partial charge in [-0.25, -0.2) is 0 Å². The summed E-state index contributed by atoms with van der Waals surface area (Å²) in [5, 5.41) is 19.7. The van der Waals surface area contributed by atoms with E-state index in [1.807, 2.05) is 0 Å². The number of carbonyl (C=O) groups excluding carboxylic acids is 1. The first kappa shape index (κ1) is 12.5. The molecule has 2 aromatic rings. The van der Waals surface area contributed by atoms with Gasteiger partial charge in [-0.15, -0.1) is 0 Å². The Balaban J connectivity index is 2.38. The van der Waals surface area contributed by atoms with E-state index < -0.39 is 10.8 Å². The van der Waals surface area contributed by atoms with E-state index in [1.165, 1.54) is 30.6 Å². The van der Waals surface area contributed by atoms with Gasteiger partial charge >= 0.3 is 5.69 Å². The Morgan fingerprint density at radius 1 is 1.47 bits per heavy atom. The molecule has 0 aliphatic heterocycles. The van der Waals surface area contributed by atoms with Crippen LogP contribution in [0.1, 0.15) is 10.4 Å². The summed E-state index contributed by atoms with van der Waals surface area (Å²) >= 11 is 0. The molecule has 98 valence electrons. The van der Waals surface area contributed by atoms with Crippen LogP contribution in [0.15, 0.2) is 30.6 Å². The summed E-state index contributed by atoms with van der Waals surface area (Å²) < 4.78 is 0. The zero-order valence-corrected chi connectivity index (χ0v) is 9.58. The van der Waals surface area contributed by atoms with Crippen molar-refractivity contribution in [3.63, 3.8) is 0 Å². The first-order valence-corrected chi connectivity index (χ1v) is 5.17. The molecule has 0 saturated heterocycles. The number of para-hydroxylation sites is 1. The van der Waals surface area contributed by atoms with Crippen LogP contribution in [-0.2, 0) is 0 Å². The maximum atomic E-state index is 12.0. The highest BCUT2D eigenvalue weighted by molar-refractivity contribution is 6.08. The summed E-state index contributed by atoms with van der Waals surface area (Å²) in [5.41, 5.74) is 2.18. The van der Waals surface area contributed by atoms with Gasteiger partial charge in [0.2, 0.25) is 0 Å². The second kappa shape index (κ2) is 5.14. The minimum atomic E-state index is -0.667. The van der Waals surface area contributed by atoms with Gasteiger partial charge in [0.25, 0.3) is 5.91 Å². The Morgan fingerprint density at radius 3 is 2.84 bits per heavy atom. The molecule has 1 heterocycles. The van der Waals surface area contributed by atoms with Crippen molar-refractivity contribution in [2.24, 2.45) is 5.84 Å². The number of nitro benzene ring substituents is 1. The van der Waals surface area contributed by atoms with Crippen molar-refractivity contribution in [2.75, 3.05) is 10.7 Å². The molecule has 0 spiro atoms. The van der Waals surface area contributed by atoms with Gasteiger partial charge in [-0.1, -0.05) is 6.07 Å². The summed E-state index contributed by atoms with van der Waals surface area (Å²) in [7, 11) is 0. The molecule has 0 bridgehead atoms. The molecule has 2 rings (SSSR count). The third-order valence-corrected chi connectivity index (χ3v) is 2.37. The summed E-state index contributed by atoms with van der Waals surface area (Å²) in [6.07, 6.45) is 2.84. The van der Waals surface area contributed by atoms with Crippen LogP contribution in [0, 0.1) is 10.1 Å². The summed E-state index contributed by atoms with van der Waals surface area (Å²) in [4.78, 5) is 22.3. The van der Waals surface area contributed by atoms with Crippen LogP contribution in [-0.4, -0.2) is 21.0 Å². The number of hydrogen-bond acceptors (Lipinski definition) is 6. The van der Waals surface area contributed by atoms with Crippen molar-refractivity contribution in [1.29, 1.82) is 0 Å². The lowest BCUT2D eigenvalue weighted by molar-refractivity contribution is -0.384. The Kier molecular flexibility index (Phi) is 3.39. The number of aromatic nitrogens is 2. The van der Waals surface area contributed by atoms with Gasteiger partial charge in [-0.05, 0) is 12.1 Å². The third-order valence-electron chi connectivity index (χ3n) is 2.37. The second-order valence-corrected chi connectivity index (χ2v) is 3.54. The molecule has 19 heavy (non-hydrogen) atoms. The van der Waals surface area contributed by atoms with E-state index in [2.05, 4.69) is 20.9 Å². The normalized spacial score (nSPS) is 9.95. The molecule has 9 heteroatoms. The number of rotatable bonds is 4. The third kappa shape index (κ3) is 2.50. The number of nitrogens with one attached hydrogen (secondary N) is 3. The number of hydrazine groups is 1. The van der Waals surface area contributed by atoms with Crippen molar-refractivity contribution in [3.8, 4) is 0 Å². The summed E-state index contributed by atoms with van der Waals surface area (Å²) in [6.45, 7) is 0. The zero-order chi connectivity index (χ0) is 13.8. The SMILES string of the molecule is NNc1cccc(C(=O)Nc2cn[nH]c2)c1[N+](=O)[O-]. The van der Waals surface area contributed by atoms with Crippen molar-refractivity contribution in [2.45, 2.75) is 0 Å². The number of aromatic amines is 1. The van der Waals surface area contributed by atoms with Crippen molar-refractivity contribution in [3.05, 3.63) is 46.3 Å². The number of benzene rings is 1. The number of nitrogens with zero attached hydrogens (tertiary/aromatic N) is 2. The van der Waals surface area contributed by atoms with Crippen LogP contribution in [0.2, 0.25) is 0 Å².